The van der Waals surface area contributed by atoms with Crippen molar-refractivity contribution >= 4 is 49.2 Å². The lowest BCUT2D eigenvalue weighted by Crippen LogP contribution is -2.12. The van der Waals surface area contributed by atoms with Gasteiger partial charge in [-0.1, -0.05) is 15.9 Å². The van der Waals surface area contributed by atoms with Gasteiger partial charge in [-0.3, -0.25) is 10.1 Å². The van der Waals surface area contributed by atoms with Gasteiger partial charge >= 0.3 is 0 Å². The van der Waals surface area contributed by atoms with E-state index in [9.17, 15) is 4.79 Å². The van der Waals surface area contributed by atoms with E-state index in [1.165, 1.54) is 11.3 Å². The van der Waals surface area contributed by atoms with Gasteiger partial charge in [0.2, 0.25) is 0 Å². The number of fused-ring (bicyclic) bond motifs is 2. The number of aryl methyl sites for hydroxylation is 2. The van der Waals surface area contributed by atoms with E-state index in [0.29, 0.717) is 10.8 Å². The summed E-state index contributed by atoms with van der Waals surface area (Å²) < 4.78 is 0.998. The van der Waals surface area contributed by atoms with Crippen molar-refractivity contribution in [1.82, 2.24) is 9.97 Å². The molecule has 2 aromatic heterocycles. The summed E-state index contributed by atoms with van der Waals surface area (Å²) in [5.74, 6) is -0.144. The molecule has 0 aliphatic heterocycles. The summed E-state index contributed by atoms with van der Waals surface area (Å²) in [6.07, 6.45) is 3.30. The molecule has 4 rings (SSSR count). The molecule has 4 nitrogen and oxygen atoms in total. The van der Waals surface area contributed by atoms with Gasteiger partial charge in [0, 0.05) is 20.3 Å². The van der Waals surface area contributed by atoms with Gasteiger partial charge in [-0.25, -0.2) is 4.98 Å². The maximum Gasteiger partial charge on any atom is 0.273 e. The first kappa shape index (κ1) is 13.0. The van der Waals surface area contributed by atoms with E-state index in [2.05, 4.69) is 31.2 Å². The number of nitrogens with zero attached hydrogens (tertiary/aromatic N) is 1. The summed E-state index contributed by atoms with van der Waals surface area (Å²) in [6.45, 7) is 0. The van der Waals surface area contributed by atoms with E-state index in [1.54, 1.807) is 11.3 Å². The van der Waals surface area contributed by atoms with Gasteiger partial charge < -0.3 is 4.98 Å². The highest BCUT2D eigenvalue weighted by Crippen LogP contribution is 2.30. The molecule has 1 amide bonds. The molecule has 0 saturated carbocycles. The van der Waals surface area contributed by atoms with Crippen LogP contribution in [0.2, 0.25) is 0 Å². The molecule has 0 bridgehead atoms. The molecule has 3 aromatic rings. The molecule has 0 unspecified atom stereocenters. The summed E-state index contributed by atoms with van der Waals surface area (Å²) in [4.78, 5) is 21.2. The normalized spacial score (nSPS) is 13.6. The van der Waals surface area contributed by atoms with E-state index in [0.717, 1.165) is 33.9 Å². The van der Waals surface area contributed by atoms with Gasteiger partial charge in [-0.2, -0.15) is 0 Å². The molecule has 2 heterocycles. The molecule has 6 heteroatoms. The monoisotopic (exact) mass is 361 g/mol. The van der Waals surface area contributed by atoms with Crippen molar-refractivity contribution < 1.29 is 4.79 Å². The third-order valence-electron chi connectivity index (χ3n) is 3.64. The van der Waals surface area contributed by atoms with Crippen LogP contribution in [0.15, 0.2) is 28.7 Å². The van der Waals surface area contributed by atoms with Crippen LogP contribution in [0.25, 0.3) is 10.9 Å². The van der Waals surface area contributed by atoms with E-state index in [1.807, 2.05) is 24.3 Å². The van der Waals surface area contributed by atoms with Crippen molar-refractivity contribution in [3.05, 3.63) is 45.0 Å². The van der Waals surface area contributed by atoms with Gasteiger partial charge in [0.05, 0.1) is 5.69 Å². The number of amides is 1. The fourth-order valence-electron chi connectivity index (χ4n) is 2.63. The lowest BCUT2D eigenvalue weighted by atomic mass is 10.2. The highest BCUT2D eigenvalue weighted by Gasteiger charge is 2.18. The van der Waals surface area contributed by atoms with Crippen LogP contribution in [0.4, 0.5) is 5.13 Å². The molecule has 0 radical (unpaired) electrons. The Morgan fingerprint density at radius 3 is 3.10 bits per heavy atom. The van der Waals surface area contributed by atoms with E-state index in [-0.39, 0.29) is 5.91 Å². The number of benzene rings is 1. The van der Waals surface area contributed by atoms with Crippen LogP contribution in [-0.2, 0) is 12.8 Å². The van der Waals surface area contributed by atoms with Crippen molar-refractivity contribution in [1.29, 1.82) is 0 Å². The number of hydrogen-bond donors (Lipinski definition) is 2. The molecule has 106 valence electrons. The van der Waals surface area contributed by atoms with Crippen LogP contribution in [0.5, 0.6) is 0 Å². The molecule has 0 atom stereocenters. The molecule has 0 fully saturated rings. The Labute approximate surface area is 133 Å². The highest BCUT2D eigenvalue weighted by molar-refractivity contribution is 9.10. The summed E-state index contributed by atoms with van der Waals surface area (Å²) in [5.41, 5.74) is 2.65. The van der Waals surface area contributed by atoms with E-state index >= 15 is 0 Å². The van der Waals surface area contributed by atoms with Gasteiger partial charge in [0.25, 0.3) is 5.91 Å². The summed E-state index contributed by atoms with van der Waals surface area (Å²) in [6, 6.07) is 7.75. The maximum atomic E-state index is 12.3. The minimum absolute atomic E-state index is 0.144. The standard InChI is InChI=1S/C15H12BrN3OS/c16-9-4-5-10-8(6-9)7-12(17-10)14(20)19-15-18-11-2-1-3-13(11)21-15/h4-7,17H,1-3H2,(H,18,19,20). The second-order valence-electron chi connectivity index (χ2n) is 5.11. The zero-order valence-corrected chi connectivity index (χ0v) is 13.5. The Hall–Kier alpha value is -1.66. The fraction of sp³-hybridized carbons (Fsp3) is 0.200. The lowest BCUT2D eigenvalue weighted by Gasteiger charge is -1.98. The van der Waals surface area contributed by atoms with Crippen LogP contribution in [0.3, 0.4) is 0 Å². The Bertz CT molecular complexity index is 830. The summed E-state index contributed by atoms with van der Waals surface area (Å²) in [5, 5.41) is 4.60. The number of rotatable bonds is 2. The number of carbonyl (C=O) groups excluding carboxylic acids is 1. The first-order valence-electron chi connectivity index (χ1n) is 6.77. The molecule has 1 aliphatic rings. The van der Waals surface area contributed by atoms with E-state index in [4.69, 9.17) is 0 Å². The first-order chi connectivity index (χ1) is 10.2. The number of nitrogens with one attached hydrogen (secondary N) is 2. The topological polar surface area (TPSA) is 57.8 Å². The van der Waals surface area contributed by atoms with Crippen molar-refractivity contribution in [2.45, 2.75) is 19.3 Å². The fourth-order valence-corrected chi connectivity index (χ4v) is 4.06. The number of halogens is 1. The summed E-state index contributed by atoms with van der Waals surface area (Å²) in [7, 11) is 0. The molecule has 1 aliphatic carbocycles. The molecule has 21 heavy (non-hydrogen) atoms. The number of H-pyrrole nitrogens is 1. The smallest absolute Gasteiger partial charge is 0.273 e. The second-order valence-corrected chi connectivity index (χ2v) is 7.11. The largest absolute Gasteiger partial charge is 0.351 e. The molecular formula is C15H12BrN3OS. The van der Waals surface area contributed by atoms with Crippen LogP contribution in [0, 0.1) is 0 Å². The first-order valence-corrected chi connectivity index (χ1v) is 8.38. The Morgan fingerprint density at radius 1 is 1.33 bits per heavy atom. The van der Waals surface area contributed by atoms with Gasteiger partial charge in [-0.05, 0) is 43.5 Å². The SMILES string of the molecule is O=C(Nc1nc2c(s1)CCC2)c1cc2cc(Br)ccc2[nH]1. The Balaban J connectivity index is 1.60. The molecule has 1 aromatic carbocycles. The number of aromatic nitrogens is 2. The van der Waals surface area contributed by atoms with Gasteiger partial charge in [-0.15, -0.1) is 11.3 Å². The van der Waals surface area contributed by atoms with Crippen LogP contribution < -0.4 is 5.32 Å². The minimum Gasteiger partial charge on any atom is -0.351 e. The summed E-state index contributed by atoms with van der Waals surface area (Å²) >= 11 is 5.02. The van der Waals surface area contributed by atoms with Crippen molar-refractivity contribution in [2.24, 2.45) is 0 Å². The van der Waals surface area contributed by atoms with Gasteiger partial charge in [0.1, 0.15) is 5.69 Å². The quantitative estimate of drug-likeness (QED) is 0.720. The third-order valence-corrected chi connectivity index (χ3v) is 5.21. The lowest BCUT2D eigenvalue weighted by molar-refractivity contribution is 0.102. The Morgan fingerprint density at radius 2 is 2.24 bits per heavy atom. The number of carbonyl (C=O) groups is 1. The number of thiazole rings is 1. The number of hydrogen-bond acceptors (Lipinski definition) is 3. The van der Waals surface area contributed by atoms with Crippen LogP contribution in [-0.4, -0.2) is 15.9 Å². The second kappa shape index (κ2) is 4.96. The third kappa shape index (κ3) is 2.38. The molecule has 0 spiro atoms. The van der Waals surface area contributed by atoms with Crippen LogP contribution >= 0.6 is 27.3 Å². The predicted molar refractivity (Wildman–Crippen MR) is 88.1 cm³/mol. The number of anilines is 1. The van der Waals surface area contributed by atoms with E-state index < -0.39 is 0 Å². The average molecular weight is 362 g/mol. The molecular weight excluding hydrogens is 350 g/mol. The van der Waals surface area contributed by atoms with Gasteiger partial charge in [0.15, 0.2) is 5.13 Å². The molecule has 2 N–H and O–H groups in total. The zero-order valence-electron chi connectivity index (χ0n) is 11.1. The van der Waals surface area contributed by atoms with Crippen molar-refractivity contribution in [2.75, 3.05) is 5.32 Å². The minimum atomic E-state index is -0.144. The highest BCUT2D eigenvalue weighted by atomic mass is 79.9. The average Bonchev–Trinajstić information content (AvgIpc) is 3.10. The zero-order chi connectivity index (χ0) is 14.4. The van der Waals surface area contributed by atoms with Crippen molar-refractivity contribution in [3.8, 4) is 0 Å². The Kier molecular flexibility index (Phi) is 3.08. The van der Waals surface area contributed by atoms with Crippen LogP contribution in [0.1, 0.15) is 27.5 Å². The van der Waals surface area contributed by atoms with Crippen molar-refractivity contribution in [3.63, 3.8) is 0 Å². The maximum absolute atomic E-state index is 12.3. The number of aromatic amines is 1. The predicted octanol–water partition coefficient (Wildman–Crippen LogP) is 4.13. The molecule has 0 saturated heterocycles.